The third-order valence-electron chi connectivity index (χ3n) is 4.12. The summed E-state index contributed by atoms with van der Waals surface area (Å²) in [6.45, 7) is 8.62. The molecule has 0 spiro atoms. The van der Waals surface area contributed by atoms with Crippen LogP contribution in [-0.4, -0.2) is 18.7 Å². The van der Waals surface area contributed by atoms with Crippen molar-refractivity contribution >= 4 is 23.1 Å². The molecule has 1 heterocycles. The van der Waals surface area contributed by atoms with Gasteiger partial charge in [0.15, 0.2) is 5.76 Å². The summed E-state index contributed by atoms with van der Waals surface area (Å²) in [4.78, 5) is 12.3. The monoisotopic (exact) mass is 350 g/mol. The predicted molar refractivity (Wildman–Crippen MR) is 103 cm³/mol. The molecule has 26 heavy (non-hydrogen) atoms. The van der Waals surface area contributed by atoms with Crippen LogP contribution in [0.4, 0.5) is 0 Å². The number of hydrogen-bond acceptors (Lipinski definition) is 4. The highest BCUT2D eigenvalue weighted by molar-refractivity contribution is 5.97. The first-order valence-corrected chi connectivity index (χ1v) is 8.55. The van der Waals surface area contributed by atoms with Crippen molar-refractivity contribution in [1.82, 2.24) is 5.43 Å². The third-order valence-corrected chi connectivity index (χ3v) is 4.12. The van der Waals surface area contributed by atoms with Crippen molar-refractivity contribution in [2.45, 2.75) is 27.7 Å². The molecule has 3 aromatic rings. The highest BCUT2D eigenvalue weighted by atomic mass is 16.5. The Balaban J connectivity index is 1.75. The molecule has 1 N–H and O–H groups in total. The van der Waals surface area contributed by atoms with Crippen LogP contribution in [0.5, 0.6) is 5.75 Å². The fourth-order valence-corrected chi connectivity index (χ4v) is 3.00. The van der Waals surface area contributed by atoms with Gasteiger partial charge >= 0.3 is 5.91 Å². The molecule has 0 bridgehead atoms. The summed E-state index contributed by atoms with van der Waals surface area (Å²) in [5.74, 6) is 0.567. The number of nitrogens with one attached hydrogen (secondary N) is 1. The van der Waals surface area contributed by atoms with E-state index in [2.05, 4.69) is 29.6 Å². The third kappa shape index (κ3) is 3.77. The maximum atomic E-state index is 12.3. The minimum absolute atomic E-state index is 0.211. The van der Waals surface area contributed by atoms with Crippen molar-refractivity contribution in [3.63, 3.8) is 0 Å². The summed E-state index contributed by atoms with van der Waals surface area (Å²) in [5, 5.41) is 4.89. The first kappa shape index (κ1) is 17.7. The molecule has 0 aliphatic rings. The number of rotatable bonds is 5. The molecule has 3 rings (SSSR count). The quantitative estimate of drug-likeness (QED) is 0.543. The second-order valence-corrected chi connectivity index (χ2v) is 6.25. The zero-order chi connectivity index (χ0) is 18.7. The van der Waals surface area contributed by atoms with Gasteiger partial charge in [-0.25, -0.2) is 5.43 Å². The first-order valence-electron chi connectivity index (χ1n) is 8.55. The van der Waals surface area contributed by atoms with Crippen LogP contribution in [0, 0.1) is 20.8 Å². The summed E-state index contributed by atoms with van der Waals surface area (Å²) in [6, 6.07) is 11.3. The molecule has 2 aromatic carbocycles. The Labute approximate surface area is 152 Å². The predicted octanol–water partition coefficient (Wildman–Crippen LogP) is 4.52. The van der Waals surface area contributed by atoms with Crippen LogP contribution in [0.25, 0.3) is 11.0 Å². The molecule has 0 saturated heterocycles. The number of ether oxygens (including phenoxy) is 1. The first-order chi connectivity index (χ1) is 12.5. The van der Waals surface area contributed by atoms with Gasteiger partial charge < -0.3 is 9.15 Å². The molecule has 5 nitrogen and oxygen atoms in total. The molecule has 0 atom stereocenters. The van der Waals surface area contributed by atoms with E-state index >= 15 is 0 Å². The Morgan fingerprint density at radius 2 is 1.88 bits per heavy atom. The van der Waals surface area contributed by atoms with Crippen LogP contribution in [0.1, 0.15) is 39.7 Å². The number of hydrogen-bond donors (Lipinski definition) is 1. The smallest absolute Gasteiger partial charge is 0.307 e. The number of fused-ring (bicyclic) bond motifs is 1. The number of hydrazone groups is 1. The van der Waals surface area contributed by atoms with E-state index in [1.54, 1.807) is 18.3 Å². The molecule has 0 saturated carbocycles. The van der Waals surface area contributed by atoms with Gasteiger partial charge in [0.1, 0.15) is 11.3 Å². The topological polar surface area (TPSA) is 63.8 Å². The van der Waals surface area contributed by atoms with Gasteiger partial charge in [0.2, 0.25) is 0 Å². The van der Waals surface area contributed by atoms with Crippen LogP contribution in [0.15, 0.2) is 45.9 Å². The highest BCUT2D eigenvalue weighted by Gasteiger charge is 2.12. The minimum Gasteiger partial charge on any atom is -0.494 e. The number of furan rings is 1. The standard InChI is InChI=1S/C21H22N2O3/c1-5-25-17-6-7-19-16(10-17)11-20(26-19)21(24)23-22-12-18-14(3)8-13(2)9-15(18)4/h6-12H,5H2,1-4H3,(H,23,24)/b22-12+. The Hall–Kier alpha value is -3.08. The lowest BCUT2D eigenvalue weighted by Crippen LogP contribution is -2.17. The van der Waals surface area contributed by atoms with E-state index in [1.165, 1.54) is 5.56 Å². The lowest BCUT2D eigenvalue weighted by atomic mass is 10.0. The molecule has 1 amide bonds. The largest absolute Gasteiger partial charge is 0.494 e. The number of carbonyl (C=O) groups excluding carboxylic acids is 1. The summed E-state index contributed by atoms with van der Waals surface area (Å²) >= 11 is 0. The molecule has 1 aromatic heterocycles. The fraction of sp³-hybridized carbons (Fsp3) is 0.238. The zero-order valence-electron chi connectivity index (χ0n) is 15.4. The molecule has 134 valence electrons. The van der Waals surface area contributed by atoms with Gasteiger partial charge in [-0.05, 0) is 63.1 Å². The van der Waals surface area contributed by atoms with Crippen LogP contribution < -0.4 is 10.2 Å². The maximum absolute atomic E-state index is 12.3. The van der Waals surface area contributed by atoms with Crippen molar-refractivity contribution in [1.29, 1.82) is 0 Å². The number of amides is 1. The number of carbonyl (C=O) groups is 1. The second-order valence-electron chi connectivity index (χ2n) is 6.25. The van der Waals surface area contributed by atoms with Crippen molar-refractivity contribution < 1.29 is 13.9 Å². The van der Waals surface area contributed by atoms with Crippen molar-refractivity contribution in [3.8, 4) is 5.75 Å². The molecule has 0 fully saturated rings. The normalized spacial score (nSPS) is 11.2. The van der Waals surface area contributed by atoms with E-state index in [0.29, 0.717) is 12.2 Å². The summed E-state index contributed by atoms with van der Waals surface area (Å²) in [7, 11) is 0. The van der Waals surface area contributed by atoms with E-state index in [-0.39, 0.29) is 5.76 Å². The fourth-order valence-electron chi connectivity index (χ4n) is 3.00. The van der Waals surface area contributed by atoms with E-state index in [0.717, 1.165) is 27.8 Å². The zero-order valence-corrected chi connectivity index (χ0v) is 15.4. The van der Waals surface area contributed by atoms with Gasteiger partial charge in [0.25, 0.3) is 0 Å². The van der Waals surface area contributed by atoms with E-state index < -0.39 is 5.91 Å². The Bertz CT molecular complexity index is 963. The van der Waals surface area contributed by atoms with Crippen LogP contribution in [-0.2, 0) is 0 Å². The van der Waals surface area contributed by atoms with Crippen molar-refractivity contribution in [2.75, 3.05) is 6.61 Å². The van der Waals surface area contributed by atoms with E-state index in [4.69, 9.17) is 9.15 Å². The lowest BCUT2D eigenvalue weighted by Gasteiger charge is -2.06. The Morgan fingerprint density at radius 3 is 2.58 bits per heavy atom. The van der Waals surface area contributed by atoms with Crippen molar-refractivity contribution in [3.05, 3.63) is 64.4 Å². The number of nitrogens with zero attached hydrogens (tertiary/aromatic N) is 1. The molecule has 0 aliphatic carbocycles. The molecule has 0 unspecified atom stereocenters. The van der Waals surface area contributed by atoms with Gasteiger partial charge in [-0.1, -0.05) is 17.7 Å². The Morgan fingerprint density at radius 1 is 1.15 bits per heavy atom. The average Bonchev–Trinajstić information content (AvgIpc) is 3.00. The highest BCUT2D eigenvalue weighted by Crippen LogP contribution is 2.24. The van der Waals surface area contributed by atoms with E-state index in [9.17, 15) is 4.79 Å². The number of benzene rings is 2. The molecule has 5 heteroatoms. The summed E-state index contributed by atoms with van der Waals surface area (Å²) in [6.07, 6.45) is 1.66. The van der Waals surface area contributed by atoms with Gasteiger partial charge in [-0.2, -0.15) is 5.10 Å². The van der Waals surface area contributed by atoms with Gasteiger partial charge in [0.05, 0.1) is 12.8 Å². The second kappa shape index (κ2) is 7.44. The minimum atomic E-state index is -0.391. The molecule has 0 aliphatic heterocycles. The van der Waals surface area contributed by atoms with E-state index in [1.807, 2.05) is 32.9 Å². The van der Waals surface area contributed by atoms with Crippen LogP contribution >= 0.6 is 0 Å². The SMILES string of the molecule is CCOc1ccc2oc(C(=O)N/N=C/c3c(C)cc(C)cc3C)cc2c1. The summed E-state index contributed by atoms with van der Waals surface area (Å²) in [5.41, 5.74) is 7.60. The Kier molecular flexibility index (Phi) is 5.07. The molecular weight excluding hydrogens is 328 g/mol. The van der Waals surface area contributed by atoms with Gasteiger partial charge in [0, 0.05) is 10.9 Å². The lowest BCUT2D eigenvalue weighted by molar-refractivity contribution is 0.0929. The number of aryl methyl sites for hydroxylation is 3. The molecular formula is C21H22N2O3. The van der Waals surface area contributed by atoms with Crippen molar-refractivity contribution in [2.24, 2.45) is 5.10 Å². The van der Waals surface area contributed by atoms with Gasteiger partial charge in [-0.3, -0.25) is 4.79 Å². The molecule has 0 radical (unpaired) electrons. The van der Waals surface area contributed by atoms with Crippen LogP contribution in [0.3, 0.4) is 0 Å². The van der Waals surface area contributed by atoms with Crippen LogP contribution in [0.2, 0.25) is 0 Å². The van der Waals surface area contributed by atoms with Gasteiger partial charge in [-0.15, -0.1) is 0 Å². The summed E-state index contributed by atoms with van der Waals surface area (Å²) < 4.78 is 11.1. The maximum Gasteiger partial charge on any atom is 0.307 e. The average molecular weight is 350 g/mol.